The molecule has 1 saturated heterocycles. The number of nitrogens with one attached hydrogen (secondary N) is 1. The molecule has 140 valence electrons. The number of thiazole rings is 1. The summed E-state index contributed by atoms with van der Waals surface area (Å²) in [7, 11) is 0. The monoisotopic (exact) mass is 389 g/mol. The van der Waals surface area contributed by atoms with Crippen molar-refractivity contribution in [2.45, 2.75) is 43.0 Å². The first kappa shape index (κ1) is 19.4. The topological polar surface area (TPSA) is 45.2 Å². The van der Waals surface area contributed by atoms with E-state index in [0.29, 0.717) is 5.75 Å². The van der Waals surface area contributed by atoms with E-state index in [1.807, 2.05) is 12.3 Å². The molecule has 0 spiro atoms. The lowest BCUT2D eigenvalue weighted by Crippen LogP contribution is -2.48. The molecule has 2 heterocycles. The molecule has 0 bridgehead atoms. The fourth-order valence-electron chi connectivity index (χ4n) is 3.32. The second-order valence-electron chi connectivity index (χ2n) is 6.84. The van der Waals surface area contributed by atoms with Crippen LogP contribution < -0.4 is 5.32 Å². The minimum Gasteiger partial charge on any atom is -0.351 e. The molecule has 0 aliphatic carbocycles. The number of carbonyl (C=O) groups is 1. The lowest BCUT2D eigenvalue weighted by molar-refractivity contribution is -0.119. The first-order valence-electron chi connectivity index (χ1n) is 9.29. The van der Waals surface area contributed by atoms with Crippen LogP contribution in [0.4, 0.5) is 0 Å². The molecule has 26 heavy (non-hydrogen) atoms. The van der Waals surface area contributed by atoms with Gasteiger partial charge in [0.25, 0.3) is 0 Å². The Bertz CT molecular complexity index is 689. The van der Waals surface area contributed by atoms with Crippen molar-refractivity contribution < 1.29 is 4.79 Å². The van der Waals surface area contributed by atoms with Gasteiger partial charge in [-0.1, -0.05) is 42.1 Å². The summed E-state index contributed by atoms with van der Waals surface area (Å²) in [5.41, 5.74) is 2.43. The van der Waals surface area contributed by atoms with E-state index < -0.39 is 0 Å². The second kappa shape index (κ2) is 10.1. The third kappa shape index (κ3) is 6.41. The minimum absolute atomic E-state index is 0.124. The highest BCUT2D eigenvalue weighted by atomic mass is 32.2. The van der Waals surface area contributed by atoms with Crippen LogP contribution >= 0.6 is 23.1 Å². The highest BCUT2D eigenvalue weighted by Gasteiger charge is 2.21. The van der Waals surface area contributed by atoms with Gasteiger partial charge >= 0.3 is 0 Å². The largest absolute Gasteiger partial charge is 0.351 e. The molecule has 1 atom stereocenters. The average Bonchev–Trinajstić information content (AvgIpc) is 3.07. The van der Waals surface area contributed by atoms with Gasteiger partial charge in [-0.05, 0) is 51.3 Å². The van der Waals surface area contributed by atoms with E-state index in [0.717, 1.165) is 48.9 Å². The molecule has 1 aliphatic rings. The van der Waals surface area contributed by atoms with E-state index in [2.05, 4.69) is 45.5 Å². The van der Waals surface area contributed by atoms with Gasteiger partial charge < -0.3 is 10.2 Å². The molecule has 2 aromatic rings. The van der Waals surface area contributed by atoms with Gasteiger partial charge in [0.05, 0.1) is 5.75 Å². The van der Waals surface area contributed by atoms with Crippen molar-refractivity contribution in [2.24, 2.45) is 0 Å². The Morgan fingerprint density at radius 2 is 2.23 bits per heavy atom. The zero-order valence-corrected chi connectivity index (χ0v) is 17.0. The third-order valence-corrected chi connectivity index (χ3v) is 6.72. The normalized spacial score (nSPS) is 18.0. The lowest BCUT2D eigenvalue weighted by atomic mass is 10.0. The zero-order chi connectivity index (χ0) is 18.2. The lowest BCUT2D eigenvalue weighted by Gasteiger charge is -2.33. The Morgan fingerprint density at radius 3 is 3.00 bits per heavy atom. The number of hydrogen-bond donors (Lipinski definition) is 1. The number of aromatic nitrogens is 1. The number of piperidine rings is 1. The predicted molar refractivity (Wildman–Crippen MR) is 110 cm³/mol. The second-order valence-corrected chi connectivity index (χ2v) is 8.92. The van der Waals surface area contributed by atoms with Crippen molar-refractivity contribution in [3.05, 3.63) is 47.0 Å². The minimum atomic E-state index is 0.124. The van der Waals surface area contributed by atoms with Crippen LogP contribution in [-0.2, 0) is 11.2 Å². The molecule has 0 radical (unpaired) electrons. The Morgan fingerprint density at radius 1 is 1.38 bits per heavy atom. The van der Waals surface area contributed by atoms with Crippen LogP contribution in [0.5, 0.6) is 0 Å². The van der Waals surface area contributed by atoms with Gasteiger partial charge in [-0.2, -0.15) is 0 Å². The number of amides is 1. The molecule has 0 unspecified atom stereocenters. The van der Waals surface area contributed by atoms with E-state index in [-0.39, 0.29) is 11.9 Å². The van der Waals surface area contributed by atoms with Crippen molar-refractivity contribution in [2.75, 3.05) is 25.4 Å². The van der Waals surface area contributed by atoms with Gasteiger partial charge in [0.2, 0.25) is 5.91 Å². The van der Waals surface area contributed by atoms with Crippen molar-refractivity contribution in [3.63, 3.8) is 0 Å². The molecule has 3 rings (SSSR count). The smallest absolute Gasteiger partial charge is 0.230 e. The molecule has 1 amide bonds. The highest BCUT2D eigenvalue weighted by Crippen LogP contribution is 2.22. The van der Waals surface area contributed by atoms with Crippen LogP contribution in [0.3, 0.4) is 0 Å². The molecule has 6 heteroatoms. The molecule has 1 aromatic carbocycles. The van der Waals surface area contributed by atoms with Crippen LogP contribution in [0, 0.1) is 6.92 Å². The van der Waals surface area contributed by atoms with Gasteiger partial charge in [0.1, 0.15) is 0 Å². The summed E-state index contributed by atoms with van der Waals surface area (Å²) in [4.78, 5) is 19.1. The number of aryl methyl sites for hydroxylation is 2. The fraction of sp³-hybridized carbons (Fsp3) is 0.500. The van der Waals surface area contributed by atoms with E-state index in [9.17, 15) is 4.79 Å². The van der Waals surface area contributed by atoms with E-state index in [1.54, 1.807) is 11.3 Å². The number of likely N-dealkylation sites (tertiary alicyclic amines) is 1. The number of hydrogen-bond acceptors (Lipinski definition) is 5. The molecule has 4 nitrogen and oxygen atoms in total. The highest BCUT2D eigenvalue weighted by molar-refractivity contribution is 8.01. The molecule has 1 N–H and O–H groups in total. The van der Waals surface area contributed by atoms with Crippen molar-refractivity contribution in [1.82, 2.24) is 15.2 Å². The van der Waals surface area contributed by atoms with Crippen LogP contribution in [-0.4, -0.2) is 47.2 Å². The van der Waals surface area contributed by atoms with Crippen LogP contribution in [0.15, 0.2) is 40.1 Å². The average molecular weight is 390 g/mol. The van der Waals surface area contributed by atoms with Crippen LogP contribution in [0.2, 0.25) is 0 Å². The van der Waals surface area contributed by atoms with E-state index >= 15 is 0 Å². The number of nitrogens with zero attached hydrogens (tertiary/aromatic N) is 2. The van der Waals surface area contributed by atoms with Gasteiger partial charge in [0.15, 0.2) is 4.34 Å². The predicted octanol–water partition coefficient (Wildman–Crippen LogP) is 3.76. The Hall–Kier alpha value is -1.37. The Labute approximate surface area is 164 Å². The quantitative estimate of drug-likeness (QED) is 0.698. The van der Waals surface area contributed by atoms with Gasteiger partial charge in [-0.15, -0.1) is 11.3 Å². The summed E-state index contributed by atoms with van der Waals surface area (Å²) in [6.45, 7) is 5.21. The maximum atomic E-state index is 12.2. The molecule has 0 saturated carbocycles. The standard InChI is InChI=1S/C20H27N3OS2/c1-16-14-25-20(21-16)26-15-19(24)22-18-10-6-12-23(13-18)11-5-9-17-7-3-2-4-8-17/h2-4,7-8,14,18H,5-6,9-13,15H2,1H3,(H,22,24)/t18-/m0/s1. The Balaban J connectivity index is 1.35. The van der Waals surface area contributed by atoms with Crippen molar-refractivity contribution in [3.8, 4) is 0 Å². The van der Waals surface area contributed by atoms with Crippen molar-refractivity contribution >= 4 is 29.0 Å². The zero-order valence-electron chi connectivity index (χ0n) is 15.3. The maximum Gasteiger partial charge on any atom is 0.230 e. The van der Waals surface area contributed by atoms with Gasteiger partial charge in [-0.25, -0.2) is 4.98 Å². The first-order chi connectivity index (χ1) is 12.7. The summed E-state index contributed by atoms with van der Waals surface area (Å²) in [6.07, 6.45) is 4.54. The Kier molecular flexibility index (Phi) is 7.53. The van der Waals surface area contributed by atoms with Gasteiger partial charge in [-0.3, -0.25) is 4.79 Å². The summed E-state index contributed by atoms with van der Waals surface area (Å²) >= 11 is 3.14. The van der Waals surface area contributed by atoms with Crippen LogP contribution in [0.1, 0.15) is 30.5 Å². The summed E-state index contributed by atoms with van der Waals surface area (Å²) in [6, 6.07) is 10.9. The molecular weight excluding hydrogens is 362 g/mol. The first-order valence-corrected chi connectivity index (χ1v) is 11.2. The van der Waals surface area contributed by atoms with Crippen LogP contribution in [0.25, 0.3) is 0 Å². The summed E-state index contributed by atoms with van der Waals surface area (Å²) < 4.78 is 0.976. The molecule has 1 fully saturated rings. The van der Waals surface area contributed by atoms with E-state index in [1.165, 1.54) is 23.7 Å². The molecule has 1 aliphatic heterocycles. The maximum absolute atomic E-state index is 12.2. The van der Waals surface area contributed by atoms with E-state index in [4.69, 9.17) is 0 Å². The molecule has 1 aromatic heterocycles. The third-order valence-electron chi connectivity index (χ3n) is 4.58. The summed E-state index contributed by atoms with van der Waals surface area (Å²) in [5, 5.41) is 5.23. The number of rotatable bonds is 8. The number of carbonyl (C=O) groups excluding carboxylic acids is 1. The number of benzene rings is 1. The molecular formula is C20H27N3OS2. The van der Waals surface area contributed by atoms with Gasteiger partial charge in [0, 0.05) is 23.7 Å². The fourth-order valence-corrected chi connectivity index (χ4v) is 4.98. The number of thioether (sulfide) groups is 1. The van der Waals surface area contributed by atoms with Crippen molar-refractivity contribution in [1.29, 1.82) is 0 Å². The summed E-state index contributed by atoms with van der Waals surface area (Å²) in [5.74, 6) is 0.580. The SMILES string of the molecule is Cc1csc(SCC(=O)N[C@H]2CCCN(CCCc3ccccc3)C2)n1.